The lowest BCUT2D eigenvalue weighted by molar-refractivity contribution is 0.0779. The molecule has 0 fully saturated rings. The SMILES string of the molecule is Cc1nc(Nc2ccccc2C(C)(C)C)cc(C(=O)N(C)Cc2ccccc2)n1. The fraction of sp³-hybridized carbons (Fsp3) is 0.292. The van der Waals surface area contributed by atoms with E-state index in [1.54, 1.807) is 24.9 Å². The Hall–Kier alpha value is -3.21. The van der Waals surface area contributed by atoms with Crippen LogP contribution in [0.4, 0.5) is 11.5 Å². The molecule has 1 N–H and O–H groups in total. The average Bonchev–Trinajstić information content (AvgIpc) is 2.67. The molecule has 0 aliphatic rings. The summed E-state index contributed by atoms with van der Waals surface area (Å²) in [6, 6.07) is 19.8. The predicted molar refractivity (Wildman–Crippen MR) is 117 cm³/mol. The van der Waals surface area contributed by atoms with E-state index in [1.165, 1.54) is 5.56 Å². The van der Waals surface area contributed by atoms with Gasteiger partial charge in [0.25, 0.3) is 5.91 Å². The van der Waals surface area contributed by atoms with Gasteiger partial charge in [-0.05, 0) is 29.5 Å². The smallest absolute Gasteiger partial charge is 0.272 e. The van der Waals surface area contributed by atoms with Gasteiger partial charge in [-0.15, -0.1) is 0 Å². The van der Waals surface area contributed by atoms with E-state index in [9.17, 15) is 4.79 Å². The first-order valence-corrected chi connectivity index (χ1v) is 9.75. The molecule has 0 atom stereocenters. The number of nitrogens with zero attached hydrogens (tertiary/aromatic N) is 3. The molecule has 1 aromatic heterocycles. The predicted octanol–water partition coefficient (Wildman–Crippen LogP) is 5.10. The summed E-state index contributed by atoms with van der Waals surface area (Å²) in [7, 11) is 1.79. The maximum atomic E-state index is 12.9. The third-order valence-corrected chi connectivity index (χ3v) is 4.66. The second kappa shape index (κ2) is 8.43. The highest BCUT2D eigenvalue weighted by Crippen LogP contribution is 2.31. The van der Waals surface area contributed by atoms with Gasteiger partial charge in [0.2, 0.25) is 0 Å². The van der Waals surface area contributed by atoms with Gasteiger partial charge in [-0.25, -0.2) is 9.97 Å². The maximum absolute atomic E-state index is 12.9. The van der Waals surface area contributed by atoms with Crippen LogP contribution in [0.3, 0.4) is 0 Å². The summed E-state index contributed by atoms with van der Waals surface area (Å²) in [5, 5.41) is 3.38. The lowest BCUT2D eigenvalue weighted by Gasteiger charge is -2.23. The zero-order chi connectivity index (χ0) is 21.0. The molecule has 0 aliphatic carbocycles. The Morgan fingerprint density at radius 3 is 2.34 bits per heavy atom. The van der Waals surface area contributed by atoms with Crippen molar-refractivity contribution in [2.45, 2.75) is 39.7 Å². The van der Waals surface area contributed by atoms with Gasteiger partial charge in [0.05, 0.1) is 0 Å². The van der Waals surface area contributed by atoms with E-state index in [0.717, 1.165) is 11.3 Å². The van der Waals surface area contributed by atoms with E-state index in [0.29, 0.717) is 23.9 Å². The Morgan fingerprint density at radius 2 is 1.66 bits per heavy atom. The molecule has 3 aromatic rings. The number of carbonyl (C=O) groups excluding carboxylic acids is 1. The minimum absolute atomic E-state index is 0.0137. The number of rotatable bonds is 5. The van der Waals surface area contributed by atoms with Crippen LogP contribution in [-0.2, 0) is 12.0 Å². The molecule has 0 saturated heterocycles. The molecule has 5 nitrogen and oxygen atoms in total. The fourth-order valence-corrected chi connectivity index (χ4v) is 3.25. The van der Waals surface area contributed by atoms with Crippen molar-refractivity contribution in [3.63, 3.8) is 0 Å². The van der Waals surface area contributed by atoms with Gasteiger partial charge in [-0.3, -0.25) is 4.79 Å². The normalized spacial score (nSPS) is 11.2. The number of aryl methyl sites for hydroxylation is 1. The van der Waals surface area contributed by atoms with Crippen LogP contribution in [0.5, 0.6) is 0 Å². The van der Waals surface area contributed by atoms with Crippen LogP contribution in [0.1, 0.15) is 48.2 Å². The zero-order valence-corrected chi connectivity index (χ0v) is 17.7. The lowest BCUT2D eigenvalue weighted by Crippen LogP contribution is -2.27. The van der Waals surface area contributed by atoms with Crippen LogP contribution in [0.25, 0.3) is 0 Å². The summed E-state index contributed by atoms with van der Waals surface area (Å²) in [4.78, 5) is 23.5. The monoisotopic (exact) mass is 388 g/mol. The highest BCUT2D eigenvalue weighted by Gasteiger charge is 2.19. The van der Waals surface area contributed by atoms with Crippen LogP contribution in [0.15, 0.2) is 60.7 Å². The van der Waals surface area contributed by atoms with Crippen LogP contribution in [0, 0.1) is 6.92 Å². The Kier molecular flexibility index (Phi) is 5.97. The molecule has 0 spiro atoms. The van der Waals surface area contributed by atoms with E-state index in [4.69, 9.17) is 0 Å². The lowest BCUT2D eigenvalue weighted by atomic mass is 9.86. The highest BCUT2D eigenvalue weighted by molar-refractivity contribution is 5.93. The van der Waals surface area contributed by atoms with Crippen molar-refractivity contribution in [1.29, 1.82) is 0 Å². The third kappa shape index (κ3) is 5.19. The summed E-state index contributed by atoms with van der Waals surface area (Å²) in [6.07, 6.45) is 0. The number of nitrogens with one attached hydrogen (secondary N) is 1. The Balaban J connectivity index is 1.84. The number of anilines is 2. The first-order valence-electron chi connectivity index (χ1n) is 9.75. The second-order valence-corrected chi connectivity index (χ2v) is 8.25. The molecule has 0 unspecified atom stereocenters. The molecule has 1 amide bonds. The largest absolute Gasteiger partial charge is 0.340 e. The molecular weight excluding hydrogens is 360 g/mol. The van der Waals surface area contributed by atoms with E-state index in [-0.39, 0.29) is 11.3 Å². The number of amides is 1. The molecule has 150 valence electrons. The van der Waals surface area contributed by atoms with Gasteiger partial charge in [-0.1, -0.05) is 69.3 Å². The fourth-order valence-electron chi connectivity index (χ4n) is 3.25. The average molecular weight is 389 g/mol. The van der Waals surface area contributed by atoms with Crippen LogP contribution in [0.2, 0.25) is 0 Å². The van der Waals surface area contributed by atoms with Gasteiger partial charge < -0.3 is 10.2 Å². The van der Waals surface area contributed by atoms with Gasteiger partial charge >= 0.3 is 0 Å². The Morgan fingerprint density at radius 1 is 1.00 bits per heavy atom. The van der Waals surface area contributed by atoms with Gasteiger partial charge in [0.1, 0.15) is 17.3 Å². The van der Waals surface area contributed by atoms with Gasteiger partial charge in [0.15, 0.2) is 0 Å². The molecule has 0 saturated carbocycles. The molecule has 0 bridgehead atoms. The van der Waals surface area contributed by atoms with Gasteiger partial charge in [-0.2, -0.15) is 0 Å². The summed E-state index contributed by atoms with van der Waals surface area (Å²) in [6.45, 7) is 8.85. The third-order valence-electron chi connectivity index (χ3n) is 4.66. The van der Waals surface area contributed by atoms with Crippen molar-refractivity contribution >= 4 is 17.4 Å². The topological polar surface area (TPSA) is 58.1 Å². The number of hydrogen-bond donors (Lipinski definition) is 1. The number of para-hydroxylation sites is 1. The van der Waals surface area contributed by atoms with Crippen LogP contribution in [-0.4, -0.2) is 27.8 Å². The molecule has 3 rings (SSSR count). The van der Waals surface area contributed by atoms with E-state index < -0.39 is 0 Å². The molecular formula is C24H28N4O. The van der Waals surface area contributed by atoms with Crippen molar-refractivity contribution < 1.29 is 4.79 Å². The maximum Gasteiger partial charge on any atom is 0.272 e. The van der Waals surface area contributed by atoms with Crippen molar-refractivity contribution in [3.05, 3.63) is 83.3 Å². The molecule has 5 heteroatoms. The van der Waals surface area contributed by atoms with E-state index in [2.05, 4.69) is 42.1 Å². The van der Waals surface area contributed by atoms with Crippen molar-refractivity contribution in [2.24, 2.45) is 0 Å². The van der Waals surface area contributed by atoms with Crippen LogP contribution < -0.4 is 5.32 Å². The number of hydrogen-bond acceptors (Lipinski definition) is 4. The minimum Gasteiger partial charge on any atom is -0.340 e. The first-order chi connectivity index (χ1) is 13.7. The molecule has 0 aliphatic heterocycles. The second-order valence-electron chi connectivity index (χ2n) is 8.25. The standard InChI is InChI=1S/C24H28N4O/c1-17-25-21(23(29)28(5)16-18-11-7-6-8-12-18)15-22(26-17)27-20-14-10-9-13-19(20)24(2,3)4/h6-15H,16H2,1-5H3,(H,25,26,27). The molecule has 1 heterocycles. The van der Waals surface area contributed by atoms with Crippen LogP contribution >= 0.6 is 0 Å². The van der Waals surface area contributed by atoms with E-state index in [1.807, 2.05) is 48.5 Å². The summed E-state index contributed by atoms with van der Waals surface area (Å²) >= 11 is 0. The Labute approximate surface area is 172 Å². The zero-order valence-electron chi connectivity index (χ0n) is 17.7. The number of benzene rings is 2. The minimum atomic E-state index is -0.133. The van der Waals surface area contributed by atoms with Gasteiger partial charge in [0, 0.05) is 25.3 Å². The number of carbonyl (C=O) groups is 1. The summed E-state index contributed by atoms with van der Waals surface area (Å²) < 4.78 is 0. The van der Waals surface area contributed by atoms with Crippen molar-refractivity contribution in [3.8, 4) is 0 Å². The molecule has 0 radical (unpaired) electrons. The highest BCUT2D eigenvalue weighted by atomic mass is 16.2. The quantitative estimate of drug-likeness (QED) is 0.661. The molecule has 29 heavy (non-hydrogen) atoms. The Bertz CT molecular complexity index is 993. The van der Waals surface area contributed by atoms with Crippen molar-refractivity contribution in [1.82, 2.24) is 14.9 Å². The summed E-state index contributed by atoms with van der Waals surface area (Å²) in [5.41, 5.74) is 3.61. The first kappa shape index (κ1) is 20.5. The van der Waals surface area contributed by atoms with Crippen molar-refractivity contribution in [2.75, 3.05) is 12.4 Å². The molecule has 2 aromatic carbocycles. The number of aromatic nitrogens is 2. The van der Waals surface area contributed by atoms with E-state index >= 15 is 0 Å². The summed E-state index contributed by atoms with van der Waals surface area (Å²) in [5.74, 6) is 1.04.